The molecule has 148 valence electrons. The Morgan fingerprint density at radius 3 is 2.25 bits per heavy atom. The van der Waals surface area contributed by atoms with Crippen LogP contribution in [-0.2, 0) is 10.4 Å². The summed E-state index contributed by atoms with van der Waals surface area (Å²) in [6.07, 6.45) is 0. The summed E-state index contributed by atoms with van der Waals surface area (Å²) in [5.74, 6) is -4.60. The van der Waals surface area contributed by atoms with Crippen molar-refractivity contribution in [2.24, 2.45) is 0 Å². The van der Waals surface area contributed by atoms with Gasteiger partial charge in [-0.15, -0.1) is 0 Å². The minimum atomic E-state index is -5.01. The van der Waals surface area contributed by atoms with E-state index in [0.29, 0.717) is 0 Å². The summed E-state index contributed by atoms with van der Waals surface area (Å²) in [5, 5.41) is 38.9. The van der Waals surface area contributed by atoms with E-state index in [-0.39, 0.29) is 5.56 Å². The lowest BCUT2D eigenvalue weighted by Crippen LogP contribution is -2.09. The molecule has 28 heavy (non-hydrogen) atoms. The van der Waals surface area contributed by atoms with E-state index in [9.17, 15) is 33.6 Å². The van der Waals surface area contributed by atoms with Crippen LogP contribution >= 0.6 is 0 Å². The molecule has 0 saturated carbocycles. The van der Waals surface area contributed by atoms with E-state index in [2.05, 4.69) is 4.18 Å². The molecular formula is C16H12O11S. The van der Waals surface area contributed by atoms with E-state index in [4.69, 9.17) is 13.7 Å². The van der Waals surface area contributed by atoms with Gasteiger partial charge >= 0.3 is 10.4 Å². The van der Waals surface area contributed by atoms with Gasteiger partial charge in [-0.2, -0.15) is 8.42 Å². The molecule has 0 spiro atoms. The Hall–Kier alpha value is -3.64. The number of ether oxygens (including phenoxy) is 1. The highest BCUT2D eigenvalue weighted by Gasteiger charge is 2.25. The van der Waals surface area contributed by atoms with Crippen LogP contribution in [0.1, 0.15) is 0 Å². The maximum atomic E-state index is 12.5. The Labute approximate surface area is 156 Å². The van der Waals surface area contributed by atoms with Gasteiger partial charge in [0.2, 0.25) is 16.9 Å². The van der Waals surface area contributed by atoms with E-state index in [1.165, 1.54) is 6.07 Å². The number of rotatable bonds is 4. The number of fused-ring (bicyclic) bond motifs is 1. The smallest absolute Gasteiger partial charge is 0.446 e. The number of aromatic hydroxyl groups is 4. The molecule has 0 saturated heterocycles. The Morgan fingerprint density at radius 2 is 1.68 bits per heavy atom. The standard InChI is InChI=1S/C16H12O11S/c1-25-16-10(27-28(22,23)24)5-9-11(13(16)20)12(19)14(21)15(26-9)6-2-3-7(17)8(18)4-6/h2-5,17-18,20-21H,1H3,(H,22,23,24). The van der Waals surface area contributed by atoms with Gasteiger partial charge in [-0.1, -0.05) is 0 Å². The molecular weight excluding hydrogens is 400 g/mol. The highest BCUT2D eigenvalue weighted by molar-refractivity contribution is 7.81. The first-order valence-corrected chi connectivity index (χ1v) is 8.69. The largest absolute Gasteiger partial charge is 0.504 e. The van der Waals surface area contributed by atoms with Crippen molar-refractivity contribution in [2.75, 3.05) is 7.11 Å². The Balaban J connectivity index is 2.37. The van der Waals surface area contributed by atoms with Gasteiger partial charge in [-0.05, 0) is 18.2 Å². The molecule has 11 nitrogen and oxygen atoms in total. The van der Waals surface area contributed by atoms with Crippen LogP contribution in [0.25, 0.3) is 22.3 Å². The molecule has 2 aromatic carbocycles. The second-order valence-electron chi connectivity index (χ2n) is 5.45. The Bertz CT molecular complexity index is 1260. The molecule has 0 aliphatic heterocycles. The third-order valence-corrected chi connectivity index (χ3v) is 4.08. The van der Waals surface area contributed by atoms with E-state index in [1.807, 2.05) is 0 Å². The summed E-state index contributed by atoms with van der Waals surface area (Å²) >= 11 is 0. The summed E-state index contributed by atoms with van der Waals surface area (Å²) in [7, 11) is -3.97. The fourth-order valence-corrected chi connectivity index (χ4v) is 2.87. The fraction of sp³-hybridized carbons (Fsp3) is 0.0625. The Morgan fingerprint density at radius 1 is 1.00 bits per heavy atom. The maximum absolute atomic E-state index is 12.5. The molecule has 0 bridgehead atoms. The van der Waals surface area contributed by atoms with E-state index < -0.39 is 67.1 Å². The highest BCUT2D eigenvalue weighted by Crippen LogP contribution is 2.44. The third-order valence-electron chi connectivity index (χ3n) is 3.69. The quantitative estimate of drug-likeness (QED) is 0.309. The molecule has 0 fully saturated rings. The van der Waals surface area contributed by atoms with Crippen LogP contribution in [0, 0.1) is 0 Å². The summed E-state index contributed by atoms with van der Waals surface area (Å²) in [4.78, 5) is 12.5. The van der Waals surface area contributed by atoms with Gasteiger partial charge in [0, 0.05) is 11.6 Å². The molecule has 3 rings (SSSR count). The van der Waals surface area contributed by atoms with Crippen molar-refractivity contribution in [3.63, 3.8) is 0 Å². The molecule has 0 atom stereocenters. The minimum absolute atomic E-state index is 0.0145. The SMILES string of the molecule is COc1c(OS(=O)(=O)O)cc2oc(-c3ccc(O)c(O)c3)c(O)c(=O)c2c1O. The normalized spacial score (nSPS) is 11.5. The van der Waals surface area contributed by atoms with Crippen LogP contribution in [0.4, 0.5) is 0 Å². The molecule has 5 N–H and O–H groups in total. The van der Waals surface area contributed by atoms with Crippen molar-refractivity contribution >= 4 is 21.4 Å². The summed E-state index contributed by atoms with van der Waals surface area (Å²) < 4.78 is 45.4. The number of methoxy groups -OCH3 is 1. The molecule has 12 heteroatoms. The fourth-order valence-electron chi connectivity index (χ4n) is 2.52. The first-order chi connectivity index (χ1) is 13.0. The first-order valence-electron chi connectivity index (χ1n) is 7.32. The van der Waals surface area contributed by atoms with Crippen LogP contribution in [-0.4, -0.2) is 40.5 Å². The molecule has 1 aromatic heterocycles. The molecule has 0 radical (unpaired) electrons. The molecule has 1 heterocycles. The van der Waals surface area contributed by atoms with Gasteiger partial charge in [-0.3, -0.25) is 9.35 Å². The second-order valence-corrected chi connectivity index (χ2v) is 6.48. The predicted molar refractivity (Wildman–Crippen MR) is 93.3 cm³/mol. The third kappa shape index (κ3) is 3.21. The average molecular weight is 412 g/mol. The van der Waals surface area contributed by atoms with Crippen LogP contribution in [0.5, 0.6) is 34.5 Å². The predicted octanol–water partition coefficient (Wildman–Crippen LogP) is 1.47. The van der Waals surface area contributed by atoms with Gasteiger partial charge < -0.3 is 33.8 Å². The lowest BCUT2D eigenvalue weighted by atomic mass is 10.1. The van der Waals surface area contributed by atoms with Crippen LogP contribution in [0.2, 0.25) is 0 Å². The molecule has 0 aliphatic rings. The van der Waals surface area contributed by atoms with Crippen molar-refractivity contribution < 1.29 is 46.7 Å². The van der Waals surface area contributed by atoms with Crippen molar-refractivity contribution in [3.8, 4) is 45.8 Å². The zero-order valence-electron chi connectivity index (χ0n) is 13.9. The Kier molecular flexibility index (Phi) is 4.45. The zero-order valence-corrected chi connectivity index (χ0v) is 14.7. The topological polar surface area (TPSA) is 184 Å². The van der Waals surface area contributed by atoms with Crippen LogP contribution in [0.3, 0.4) is 0 Å². The van der Waals surface area contributed by atoms with Gasteiger partial charge in [0.1, 0.15) is 11.0 Å². The zero-order chi connectivity index (χ0) is 20.8. The number of benzene rings is 2. The monoisotopic (exact) mass is 412 g/mol. The highest BCUT2D eigenvalue weighted by atomic mass is 32.3. The summed E-state index contributed by atoms with van der Waals surface area (Å²) in [6, 6.07) is 4.13. The van der Waals surface area contributed by atoms with Crippen LogP contribution in [0.15, 0.2) is 33.5 Å². The van der Waals surface area contributed by atoms with E-state index in [1.54, 1.807) is 0 Å². The molecule has 0 amide bonds. The lowest BCUT2D eigenvalue weighted by Gasteiger charge is -2.13. The van der Waals surface area contributed by atoms with Gasteiger partial charge in [0.25, 0.3) is 0 Å². The van der Waals surface area contributed by atoms with Gasteiger partial charge in [-0.25, -0.2) is 0 Å². The first kappa shape index (κ1) is 19.1. The molecule has 0 aliphatic carbocycles. The molecule has 0 unspecified atom stereocenters. The van der Waals surface area contributed by atoms with Crippen LogP contribution < -0.4 is 14.3 Å². The summed E-state index contributed by atoms with van der Waals surface area (Å²) in [5.41, 5.74) is -1.54. The van der Waals surface area contributed by atoms with E-state index in [0.717, 1.165) is 25.3 Å². The van der Waals surface area contributed by atoms with Crippen molar-refractivity contribution in [2.45, 2.75) is 0 Å². The molecule has 3 aromatic rings. The summed E-state index contributed by atoms with van der Waals surface area (Å²) in [6.45, 7) is 0. The second kappa shape index (κ2) is 6.51. The van der Waals surface area contributed by atoms with Crippen molar-refractivity contribution in [1.29, 1.82) is 0 Å². The average Bonchev–Trinajstić information content (AvgIpc) is 2.59. The number of hydrogen-bond acceptors (Lipinski definition) is 10. The number of phenols is 3. The van der Waals surface area contributed by atoms with Gasteiger partial charge in [0.15, 0.2) is 28.8 Å². The van der Waals surface area contributed by atoms with Gasteiger partial charge in [0.05, 0.1) is 7.11 Å². The van der Waals surface area contributed by atoms with E-state index >= 15 is 0 Å². The van der Waals surface area contributed by atoms with Crippen molar-refractivity contribution in [3.05, 3.63) is 34.5 Å². The maximum Gasteiger partial charge on any atom is 0.446 e. The van der Waals surface area contributed by atoms with Crippen molar-refractivity contribution in [1.82, 2.24) is 0 Å². The number of hydrogen-bond donors (Lipinski definition) is 5. The lowest BCUT2D eigenvalue weighted by molar-refractivity contribution is 0.343. The number of phenolic OH excluding ortho intramolecular Hbond substituents is 3. The minimum Gasteiger partial charge on any atom is -0.504 e.